The van der Waals surface area contributed by atoms with Gasteiger partial charge in [-0.25, -0.2) is 4.79 Å². The molecule has 0 unspecified atom stereocenters. The number of amides is 1. The first-order valence-corrected chi connectivity index (χ1v) is 7.77. The van der Waals surface area contributed by atoms with Crippen LogP contribution in [0.15, 0.2) is 42.5 Å². The highest BCUT2D eigenvalue weighted by Crippen LogP contribution is 2.22. The van der Waals surface area contributed by atoms with Crippen LogP contribution in [0.2, 0.25) is 5.02 Å². The van der Waals surface area contributed by atoms with Gasteiger partial charge in [0.2, 0.25) is 0 Å². The summed E-state index contributed by atoms with van der Waals surface area (Å²) in [4.78, 5) is 23.9. The predicted molar refractivity (Wildman–Crippen MR) is 91.1 cm³/mol. The van der Waals surface area contributed by atoms with E-state index in [-0.39, 0.29) is 17.4 Å². The molecule has 0 radical (unpaired) electrons. The van der Waals surface area contributed by atoms with Gasteiger partial charge in [0.05, 0.1) is 6.04 Å². The molecule has 1 amide bonds. The van der Waals surface area contributed by atoms with E-state index in [2.05, 4.69) is 5.32 Å². The van der Waals surface area contributed by atoms with Crippen molar-refractivity contribution < 1.29 is 19.4 Å². The molecular formula is C18H18ClNO4. The number of carbonyl (C=O) groups excluding carboxylic acids is 2. The van der Waals surface area contributed by atoms with E-state index in [1.54, 1.807) is 32.0 Å². The van der Waals surface area contributed by atoms with Gasteiger partial charge in [-0.05, 0) is 37.6 Å². The van der Waals surface area contributed by atoms with Crippen molar-refractivity contribution in [1.29, 1.82) is 0 Å². The fraction of sp³-hybridized carbons (Fsp3) is 0.222. The summed E-state index contributed by atoms with van der Waals surface area (Å²) in [5, 5.41) is 12.9. The minimum Gasteiger partial charge on any atom is -0.507 e. The molecule has 0 fully saturated rings. The summed E-state index contributed by atoms with van der Waals surface area (Å²) < 4.78 is 4.95. The van der Waals surface area contributed by atoms with Gasteiger partial charge in [-0.15, -0.1) is 0 Å². The number of nitrogens with one attached hydrogen (secondary N) is 1. The fourth-order valence-electron chi connectivity index (χ4n) is 2.21. The van der Waals surface area contributed by atoms with Crippen LogP contribution in [0.4, 0.5) is 0 Å². The average molecular weight is 348 g/mol. The summed E-state index contributed by atoms with van der Waals surface area (Å²) in [5.41, 5.74) is 1.61. The Morgan fingerprint density at radius 2 is 1.96 bits per heavy atom. The molecule has 0 aromatic heterocycles. The molecule has 2 aromatic rings. The van der Waals surface area contributed by atoms with E-state index in [1.165, 1.54) is 12.1 Å². The van der Waals surface area contributed by atoms with E-state index >= 15 is 0 Å². The fourth-order valence-corrected chi connectivity index (χ4v) is 2.51. The number of aryl methyl sites for hydroxylation is 1. The lowest BCUT2D eigenvalue weighted by Crippen LogP contribution is -2.31. The van der Waals surface area contributed by atoms with Gasteiger partial charge in [0.15, 0.2) is 6.61 Å². The number of ether oxygens (including phenoxy) is 1. The van der Waals surface area contributed by atoms with E-state index in [0.717, 1.165) is 11.1 Å². The Hall–Kier alpha value is -2.53. The zero-order valence-corrected chi connectivity index (χ0v) is 14.1. The van der Waals surface area contributed by atoms with Crippen LogP contribution in [0.25, 0.3) is 0 Å². The molecule has 0 saturated heterocycles. The number of hydrogen-bond donors (Lipinski definition) is 2. The highest BCUT2D eigenvalue weighted by molar-refractivity contribution is 6.31. The highest BCUT2D eigenvalue weighted by atomic mass is 35.5. The summed E-state index contributed by atoms with van der Waals surface area (Å²) in [7, 11) is 0. The molecule has 2 N–H and O–H groups in total. The van der Waals surface area contributed by atoms with Crippen LogP contribution in [-0.4, -0.2) is 23.6 Å². The molecule has 0 bridgehead atoms. The number of carbonyl (C=O) groups is 2. The number of phenolic OH excluding ortho intramolecular Hbond substituents is 1. The molecule has 1 atom stereocenters. The van der Waals surface area contributed by atoms with Gasteiger partial charge < -0.3 is 15.2 Å². The van der Waals surface area contributed by atoms with Gasteiger partial charge in [0.25, 0.3) is 5.91 Å². The van der Waals surface area contributed by atoms with Crippen LogP contribution in [0.3, 0.4) is 0 Å². The number of rotatable bonds is 5. The van der Waals surface area contributed by atoms with Gasteiger partial charge in [0, 0.05) is 5.02 Å². The van der Waals surface area contributed by atoms with Gasteiger partial charge in [0.1, 0.15) is 11.3 Å². The van der Waals surface area contributed by atoms with Gasteiger partial charge in [-0.2, -0.15) is 0 Å². The molecule has 0 aliphatic heterocycles. The Morgan fingerprint density at radius 3 is 2.67 bits per heavy atom. The lowest BCUT2D eigenvalue weighted by Gasteiger charge is -2.15. The molecule has 6 heteroatoms. The Labute approximate surface area is 145 Å². The Morgan fingerprint density at radius 1 is 1.25 bits per heavy atom. The quantitative estimate of drug-likeness (QED) is 0.813. The average Bonchev–Trinajstić information content (AvgIpc) is 2.55. The predicted octanol–water partition coefficient (Wildman–Crippen LogP) is 3.39. The standard InChI is InChI=1S/C18H18ClNO4/c1-11-7-8-16(21)14(9-11)18(23)24-10-17(22)20-12(2)13-5-3-4-6-15(13)19/h3-9,12,21H,10H2,1-2H3,(H,20,22)/t12-/m0/s1. The minimum atomic E-state index is -0.753. The third-order valence-corrected chi connectivity index (χ3v) is 3.80. The molecule has 0 aliphatic carbocycles. The topological polar surface area (TPSA) is 75.6 Å². The summed E-state index contributed by atoms with van der Waals surface area (Å²) in [5.74, 6) is -1.39. The first-order valence-electron chi connectivity index (χ1n) is 7.39. The van der Waals surface area contributed by atoms with E-state index < -0.39 is 18.5 Å². The van der Waals surface area contributed by atoms with E-state index in [4.69, 9.17) is 16.3 Å². The van der Waals surface area contributed by atoms with Crippen molar-refractivity contribution in [3.8, 4) is 5.75 Å². The third kappa shape index (κ3) is 4.49. The monoisotopic (exact) mass is 347 g/mol. The van der Waals surface area contributed by atoms with E-state index in [1.807, 2.05) is 12.1 Å². The second kappa shape index (κ2) is 7.84. The zero-order valence-electron chi connectivity index (χ0n) is 13.4. The van der Waals surface area contributed by atoms with Crippen molar-refractivity contribution >= 4 is 23.5 Å². The third-order valence-electron chi connectivity index (χ3n) is 3.46. The molecule has 2 aromatic carbocycles. The maximum Gasteiger partial charge on any atom is 0.342 e. The second-order valence-electron chi connectivity index (χ2n) is 5.41. The molecule has 2 rings (SSSR count). The Bertz CT molecular complexity index is 760. The Balaban J connectivity index is 1.92. The van der Waals surface area contributed by atoms with Crippen LogP contribution >= 0.6 is 11.6 Å². The van der Waals surface area contributed by atoms with E-state index in [0.29, 0.717) is 5.02 Å². The summed E-state index contributed by atoms with van der Waals surface area (Å²) in [6.45, 7) is 3.13. The molecule has 24 heavy (non-hydrogen) atoms. The zero-order chi connectivity index (χ0) is 17.7. The Kier molecular flexibility index (Phi) is 5.82. The van der Waals surface area contributed by atoms with Crippen LogP contribution in [0.5, 0.6) is 5.75 Å². The van der Waals surface area contributed by atoms with Gasteiger partial charge in [-0.1, -0.05) is 41.4 Å². The first-order chi connectivity index (χ1) is 11.4. The number of halogens is 1. The van der Waals surface area contributed by atoms with Crippen LogP contribution in [-0.2, 0) is 9.53 Å². The molecule has 0 heterocycles. The van der Waals surface area contributed by atoms with Crippen molar-refractivity contribution in [1.82, 2.24) is 5.32 Å². The van der Waals surface area contributed by atoms with Crippen molar-refractivity contribution in [3.05, 3.63) is 64.2 Å². The van der Waals surface area contributed by atoms with Gasteiger partial charge >= 0.3 is 5.97 Å². The maximum atomic E-state index is 11.9. The summed E-state index contributed by atoms with van der Waals surface area (Å²) >= 11 is 6.08. The lowest BCUT2D eigenvalue weighted by atomic mass is 10.1. The van der Waals surface area contributed by atoms with E-state index in [9.17, 15) is 14.7 Å². The lowest BCUT2D eigenvalue weighted by molar-refractivity contribution is -0.124. The molecule has 0 aliphatic rings. The maximum absolute atomic E-state index is 11.9. The van der Waals surface area contributed by atoms with Crippen molar-refractivity contribution in [2.75, 3.05) is 6.61 Å². The molecule has 5 nitrogen and oxygen atoms in total. The number of hydrogen-bond acceptors (Lipinski definition) is 4. The smallest absolute Gasteiger partial charge is 0.342 e. The van der Waals surface area contributed by atoms with Crippen molar-refractivity contribution in [2.24, 2.45) is 0 Å². The molecule has 0 spiro atoms. The van der Waals surface area contributed by atoms with Crippen LogP contribution in [0, 0.1) is 6.92 Å². The number of benzene rings is 2. The minimum absolute atomic E-state index is 0.0296. The summed E-state index contributed by atoms with van der Waals surface area (Å²) in [6, 6.07) is 11.4. The largest absolute Gasteiger partial charge is 0.507 e. The number of phenols is 1. The highest BCUT2D eigenvalue weighted by Gasteiger charge is 2.16. The van der Waals surface area contributed by atoms with Crippen molar-refractivity contribution in [2.45, 2.75) is 19.9 Å². The number of aromatic hydroxyl groups is 1. The number of esters is 1. The van der Waals surface area contributed by atoms with Gasteiger partial charge in [-0.3, -0.25) is 4.79 Å². The van der Waals surface area contributed by atoms with Crippen LogP contribution < -0.4 is 5.32 Å². The van der Waals surface area contributed by atoms with Crippen molar-refractivity contribution in [3.63, 3.8) is 0 Å². The first kappa shape index (κ1) is 17.8. The molecule has 126 valence electrons. The molecule has 0 saturated carbocycles. The van der Waals surface area contributed by atoms with Crippen LogP contribution in [0.1, 0.15) is 34.5 Å². The molecular weight excluding hydrogens is 330 g/mol. The SMILES string of the molecule is Cc1ccc(O)c(C(=O)OCC(=O)N[C@@H](C)c2ccccc2Cl)c1. The second-order valence-corrected chi connectivity index (χ2v) is 5.81. The normalized spacial score (nSPS) is 11.6. The summed E-state index contributed by atoms with van der Waals surface area (Å²) in [6.07, 6.45) is 0.